The van der Waals surface area contributed by atoms with Gasteiger partial charge in [-0.3, -0.25) is 14.6 Å². The van der Waals surface area contributed by atoms with E-state index in [1.54, 1.807) is 31.5 Å². The van der Waals surface area contributed by atoms with Gasteiger partial charge in [-0.25, -0.2) is 0 Å². The molecule has 1 aromatic heterocycles. The van der Waals surface area contributed by atoms with Gasteiger partial charge in [0.25, 0.3) is 0 Å². The topological polar surface area (TPSA) is 47.0 Å². The van der Waals surface area contributed by atoms with Gasteiger partial charge in [-0.2, -0.15) is 0 Å². The lowest BCUT2D eigenvalue weighted by atomic mass is 10.2. The SMILES string of the molecule is CC(=O)SCc1ccccc1SC(=O)c1cccnc1. The lowest BCUT2D eigenvalue weighted by molar-refractivity contribution is -0.109. The van der Waals surface area contributed by atoms with Crippen LogP contribution in [-0.2, 0) is 10.5 Å². The third-order valence-electron chi connectivity index (χ3n) is 2.50. The molecule has 0 fully saturated rings. The zero-order chi connectivity index (χ0) is 14.4. The number of thioether (sulfide) groups is 2. The minimum Gasteiger partial charge on any atom is -0.288 e. The van der Waals surface area contributed by atoms with Crippen molar-refractivity contribution in [2.75, 3.05) is 0 Å². The zero-order valence-corrected chi connectivity index (χ0v) is 12.5. The summed E-state index contributed by atoms with van der Waals surface area (Å²) in [5.41, 5.74) is 1.57. The fourth-order valence-corrected chi connectivity index (χ4v) is 3.10. The number of carbonyl (C=O) groups excluding carboxylic acids is 2. The molecule has 0 spiro atoms. The van der Waals surface area contributed by atoms with Crippen molar-refractivity contribution in [3.05, 3.63) is 59.9 Å². The fraction of sp³-hybridized carbons (Fsp3) is 0.133. The van der Waals surface area contributed by atoms with E-state index in [-0.39, 0.29) is 10.2 Å². The third kappa shape index (κ3) is 4.21. The Kier molecular flexibility index (Phi) is 5.38. The van der Waals surface area contributed by atoms with Gasteiger partial charge in [-0.05, 0) is 35.5 Å². The average molecular weight is 303 g/mol. The largest absolute Gasteiger partial charge is 0.288 e. The molecule has 0 unspecified atom stereocenters. The molecule has 0 saturated carbocycles. The second-order valence-electron chi connectivity index (χ2n) is 4.02. The Labute approximate surface area is 126 Å². The molecule has 20 heavy (non-hydrogen) atoms. The van der Waals surface area contributed by atoms with Crippen molar-refractivity contribution in [3.63, 3.8) is 0 Å². The maximum absolute atomic E-state index is 12.2. The van der Waals surface area contributed by atoms with Gasteiger partial charge in [0, 0.05) is 35.5 Å². The number of rotatable bonds is 4. The average Bonchev–Trinajstić information content (AvgIpc) is 2.47. The quantitative estimate of drug-likeness (QED) is 0.804. The normalized spacial score (nSPS) is 10.2. The highest BCUT2D eigenvalue weighted by Crippen LogP contribution is 2.28. The van der Waals surface area contributed by atoms with E-state index >= 15 is 0 Å². The van der Waals surface area contributed by atoms with Crippen LogP contribution in [0.3, 0.4) is 0 Å². The first-order valence-corrected chi connectivity index (χ1v) is 7.80. The number of benzene rings is 1. The van der Waals surface area contributed by atoms with Gasteiger partial charge >= 0.3 is 0 Å². The summed E-state index contributed by atoms with van der Waals surface area (Å²) in [5, 5.41) is 0.0294. The molecule has 5 heteroatoms. The van der Waals surface area contributed by atoms with E-state index < -0.39 is 0 Å². The van der Waals surface area contributed by atoms with Crippen molar-refractivity contribution in [2.45, 2.75) is 17.6 Å². The molecule has 0 amide bonds. The first-order valence-electron chi connectivity index (χ1n) is 6.00. The highest BCUT2D eigenvalue weighted by molar-refractivity contribution is 8.14. The summed E-state index contributed by atoms with van der Waals surface area (Å²) in [7, 11) is 0. The van der Waals surface area contributed by atoms with E-state index in [1.807, 2.05) is 24.3 Å². The van der Waals surface area contributed by atoms with Crippen molar-refractivity contribution < 1.29 is 9.59 Å². The van der Waals surface area contributed by atoms with E-state index in [4.69, 9.17) is 0 Å². The number of aromatic nitrogens is 1. The Morgan fingerprint density at radius 1 is 1.15 bits per heavy atom. The van der Waals surface area contributed by atoms with E-state index in [2.05, 4.69) is 4.98 Å². The van der Waals surface area contributed by atoms with Crippen LogP contribution in [0.1, 0.15) is 22.8 Å². The highest BCUT2D eigenvalue weighted by atomic mass is 32.2. The molecule has 0 aliphatic carbocycles. The second-order valence-corrected chi connectivity index (χ2v) is 6.19. The van der Waals surface area contributed by atoms with Gasteiger partial charge in [0.2, 0.25) is 5.12 Å². The van der Waals surface area contributed by atoms with Crippen LogP contribution in [0, 0.1) is 0 Å². The van der Waals surface area contributed by atoms with E-state index in [9.17, 15) is 9.59 Å². The van der Waals surface area contributed by atoms with Gasteiger partial charge in [0.05, 0.1) is 0 Å². The number of pyridine rings is 1. The molecule has 0 radical (unpaired) electrons. The molecule has 0 saturated heterocycles. The lowest BCUT2D eigenvalue weighted by Gasteiger charge is -2.07. The van der Waals surface area contributed by atoms with Crippen LogP contribution < -0.4 is 0 Å². The summed E-state index contributed by atoms with van der Waals surface area (Å²) in [4.78, 5) is 28.0. The lowest BCUT2D eigenvalue weighted by Crippen LogP contribution is -1.96. The maximum Gasteiger partial charge on any atom is 0.225 e. The molecule has 2 rings (SSSR count). The van der Waals surface area contributed by atoms with E-state index in [1.165, 1.54) is 23.5 Å². The Morgan fingerprint density at radius 3 is 2.65 bits per heavy atom. The molecule has 1 aromatic carbocycles. The monoisotopic (exact) mass is 303 g/mol. The number of carbonyl (C=O) groups is 2. The van der Waals surface area contributed by atoms with E-state index in [0.29, 0.717) is 11.3 Å². The summed E-state index contributed by atoms with van der Waals surface area (Å²) in [6.45, 7) is 1.54. The summed E-state index contributed by atoms with van der Waals surface area (Å²) in [6, 6.07) is 11.1. The summed E-state index contributed by atoms with van der Waals surface area (Å²) in [6.07, 6.45) is 3.20. The molecule has 0 aliphatic heterocycles. The van der Waals surface area contributed by atoms with Crippen LogP contribution in [-0.4, -0.2) is 15.2 Å². The first kappa shape index (κ1) is 14.8. The molecular formula is C15H13NO2S2. The summed E-state index contributed by atoms with van der Waals surface area (Å²) in [5.74, 6) is 0.582. The van der Waals surface area contributed by atoms with Gasteiger partial charge in [-0.1, -0.05) is 30.0 Å². The summed E-state index contributed by atoms with van der Waals surface area (Å²) >= 11 is 2.42. The molecule has 3 nitrogen and oxygen atoms in total. The molecule has 1 heterocycles. The third-order valence-corrected chi connectivity index (χ3v) is 4.40. The Hall–Kier alpha value is -1.59. The second kappa shape index (κ2) is 7.26. The van der Waals surface area contributed by atoms with Crippen LogP contribution in [0.2, 0.25) is 0 Å². The Morgan fingerprint density at radius 2 is 1.95 bits per heavy atom. The minimum atomic E-state index is -0.0432. The van der Waals surface area contributed by atoms with Crippen LogP contribution in [0.5, 0.6) is 0 Å². The number of hydrogen-bond acceptors (Lipinski definition) is 5. The number of nitrogens with zero attached hydrogens (tertiary/aromatic N) is 1. The molecule has 0 bridgehead atoms. The summed E-state index contributed by atoms with van der Waals surface area (Å²) < 4.78 is 0. The molecule has 0 atom stereocenters. The van der Waals surface area contributed by atoms with Crippen molar-refractivity contribution in [1.29, 1.82) is 0 Å². The molecule has 0 N–H and O–H groups in total. The van der Waals surface area contributed by atoms with Crippen molar-refractivity contribution in [3.8, 4) is 0 Å². The van der Waals surface area contributed by atoms with Crippen LogP contribution in [0.4, 0.5) is 0 Å². The zero-order valence-electron chi connectivity index (χ0n) is 10.9. The van der Waals surface area contributed by atoms with Gasteiger partial charge in [-0.15, -0.1) is 0 Å². The Bertz CT molecular complexity index is 614. The van der Waals surface area contributed by atoms with Gasteiger partial charge in [0.15, 0.2) is 5.12 Å². The fourth-order valence-electron chi connectivity index (χ4n) is 1.54. The maximum atomic E-state index is 12.2. The molecule has 2 aromatic rings. The van der Waals surface area contributed by atoms with Gasteiger partial charge < -0.3 is 0 Å². The van der Waals surface area contributed by atoms with Crippen molar-refractivity contribution >= 4 is 33.8 Å². The van der Waals surface area contributed by atoms with Crippen molar-refractivity contribution in [2.24, 2.45) is 0 Å². The molecular weight excluding hydrogens is 290 g/mol. The highest BCUT2D eigenvalue weighted by Gasteiger charge is 2.11. The smallest absolute Gasteiger partial charge is 0.225 e. The van der Waals surface area contributed by atoms with Gasteiger partial charge in [0.1, 0.15) is 0 Å². The van der Waals surface area contributed by atoms with Crippen LogP contribution in [0.15, 0.2) is 53.7 Å². The Balaban J connectivity index is 2.13. The van der Waals surface area contributed by atoms with Crippen LogP contribution >= 0.6 is 23.5 Å². The number of hydrogen-bond donors (Lipinski definition) is 0. The first-order chi connectivity index (χ1) is 9.66. The van der Waals surface area contributed by atoms with Crippen molar-refractivity contribution in [1.82, 2.24) is 4.98 Å². The standard InChI is InChI=1S/C15H13NO2S2/c1-11(17)19-10-13-5-2-3-7-14(13)20-15(18)12-6-4-8-16-9-12/h2-9H,10H2,1H3. The molecule has 102 valence electrons. The van der Waals surface area contributed by atoms with Crippen LogP contribution in [0.25, 0.3) is 0 Å². The molecule has 0 aliphatic rings. The van der Waals surface area contributed by atoms with E-state index in [0.717, 1.165) is 10.5 Å². The predicted octanol–water partition coefficient (Wildman–Crippen LogP) is 3.79. The predicted molar refractivity (Wildman–Crippen MR) is 82.8 cm³/mol. The minimum absolute atomic E-state index is 0.0432.